The maximum absolute atomic E-state index is 13.1. The molecule has 1 aliphatic heterocycles. The van der Waals surface area contributed by atoms with E-state index in [4.69, 9.17) is 4.74 Å². The lowest BCUT2D eigenvalue weighted by atomic mass is 9.92. The maximum atomic E-state index is 13.1. The molecule has 1 unspecified atom stereocenters. The summed E-state index contributed by atoms with van der Waals surface area (Å²) in [5.41, 5.74) is -0.707. The quantitative estimate of drug-likeness (QED) is 0.778. The van der Waals surface area contributed by atoms with Crippen LogP contribution in [-0.4, -0.2) is 26.3 Å². The first kappa shape index (κ1) is 13.9. The average Bonchev–Trinajstić information content (AvgIpc) is 2.90. The molecule has 0 bridgehead atoms. The molecule has 2 rings (SSSR count). The zero-order chi connectivity index (χ0) is 14.0. The zero-order valence-electron chi connectivity index (χ0n) is 10.3. The van der Waals surface area contributed by atoms with Crippen molar-refractivity contribution in [3.05, 3.63) is 34.9 Å². The van der Waals surface area contributed by atoms with Gasteiger partial charge in [0.15, 0.2) is 0 Å². The van der Waals surface area contributed by atoms with Crippen LogP contribution in [0.2, 0.25) is 0 Å². The Morgan fingerprint density at radius 2 is 2.16 bits per heavy atom. The number of rotatable bonds is 2. The molecule has 1 atom stereocenters. The van der Waals surface area contributed by atoms with Gasteiger partial charge in [0.2, 0.25) is 0 Å². The third-order valence-electron chi connectivity index (χ3n) is 3.15. The van der Waals surface area contributed by atoms with Crippen LogP contribution in [0, 0.1) is 0 Å². The number of halogens is 3. The lowest BCUT2D eigenvalue weighted by Gasteiger charge is -2.17. The van der Waals surface area contributed by atoms with Crippen LogP contribution < -0.4 is 0 Å². The summed E-state index contributed by atoms with van der Waals surface area (Å²) in [7, 11) is 1.13. The van der Waals surface area contributed by atoms with E-state index in [1.54, 1.807) is 0 Å². The highest BCUT2D eigenvalue weighted by atomic mass is 19.4. The van der Waals surface area contributed by atoms with E-state index in [0.29, 0.717) is 13.0 Å². The second-order valence-corrected chi connectivity index (χ2v) is 4.35. The van der Waals surface area contributed by atoms with Crippen molar-refractivity contribution >= 4 is 5.97 Å². The summed E-state index contributed by atoms with van der Waals surface area (Å²) in [6.07, 6.45) is -3.94. The first-order valence-corrected chi connectivity index (χ1v) is 5.80. The minimum Gasteiger partial charge on any atom is -0.465 e. The molecule has 0 spiro atoms. The summed E-state index contributed by atoms with van der Waals surface area (Å²) in [5.74, 6) is -1.05. The van der Waals surface area contributed by atoms with E-state index in [-0.39, 0.29) is 23.7 Å². The van der Waals surface area contributed by atoms with E-state index < -0.39 is 17.7 Å². The molecule has 1 saturated heterocycles. The summed E-state index contributed by atoms with van der Waals surface area (Å²) in [5, 5.41) is 0. The largest absolute Gasteiger partial charge is 0.465 e. The van der Waals surface area contributed by atoms with Crippen LogP contribution in [0.25, 0.3) is 0 Å². The van der Waals surface area contributed by atoms with Gasteiger partial charge in [-0.3, -0.25) is 0 Å². The number of benzene rings is 1. The monoisotopic (exact) mass is 274 g/mol. The van der Waals surface area contributed by atoms with Gasteiger partial charge >= 0.3 is 12.1 Å². The van der Waals surface area contributed by atoms with Crippen molar-refractivity contribution in [1.82, 2.24) is 0 Å². The number of carbonyl (C=O) groups is 1. The Morgan fingerprint density at radius 3 is 2.68 bits per heavy atom. The molecule has 1 aromatic rings. The van der Waals surface area contributed by atoms with Crippen molar-refractivity contribution in [3.63, 3.8) is 0 Å². The zero-order valence-corrected chi connectivity index (χ0v) is 10.3. The van der Waals surface area contributed by atoms with Gasteiger partial charge < -0.3 is 9.47 Å². The Labute approximate surface area is 108 Å². The molecule has 0 N–H and O–H groups in total. The SMILES string of the molecule is COC(=O)c1ccc(C2CCOC2)c(C(F)(F)F)c1. The second-order valence-electron chi connectivity index (χ2n) is 4.35. The molecule has 6 heteroatoms. The highest BCUT2D eigenvalue weighted by molar-refractivity contribution is 5.89. The van der Waals surface area contributed by atoms with Crippen molar-refractivity contribution in [2.75, 3.05) is 20.3 Å². The van der Waals surface area contributed by atoms with Gasteiger partial charge in [0.1, 0.15) is 0 Å². The predicted octanol–water partition coefficient (Wildman–Crippen LogP) is 3.00. The number of hydrogen-bond acceptors (Lipinski definition) is 3. The topological polar surface area (TPSA) is 35.5 Å². The smallest absolute Gasteiger partial charge is 0.416 e. The van der Waals surface area contributed by atoms with Crippen LogP contribution in [-0.2, 0) is 15.7 Å². The Kier molecular flexibility index (Phi) is 3.80. The Balaban J connectivity index is 2.45. The molecule has 1 aliphatic rings. The van der Waals surface area contributed by atoms with Gasteiger partial charge in [-0.2, -0.15) is 13.2 Å². The first-order valence-electron chi connectivity index (χ1n) is 5.80. The molecule has 0 aromatic heterocycles. The van der Waals surface area contributed by atoms with Gasteiger partial charge in [-0.1, -0.05) is 6.07 Å². The minimum atomic E-state index is -4.50. The molecule has 19 heavy (non-hydrogen) atoms. The summed E-state index contributed by atoms with van der Waals surface area (Å²) >= 11 is 0. The van der Waals surface area contributed by atoms with E-state index in [2.05, 4.69) is 4.74 Å². The molecular weight excluding hydrogens is 261 g/mol. The summed E-state index contributed by atoms with van der Waals surface area (Å²) in [6.45, 7) is 0.737. The van der Waals surface area contributed by atoms with Crippen molar-refractivity contribution in [2.45, 2.75) is 18.5 Å². The molecule has 0 saturated carbocycles. The molecule has 1 heterocycles. The van der Waals surface area contributed by atoms with Gasteiger partial charge in [0.05, 0.1) is 24.8 Å². The number of alkyl halides is 3. The first-order chi connectivity index (χ1) is 8.93. The van der Waals surface area contributed by atoms with Crippen molar-refractivity contribution in [2.24, 2.45) is 0 Å². The predicted molar refractivity (Wildman–Crippen MR) is 61.0 cm³/mol. The second kappa shape index (κ2) is 5.21. The van der Waals surface area contributed by atoms with E-state index in [1.165, 1.54) is 12.1 Å². The lowest BCUT2D eigenvalue weighted by Crippen LogP contribution is -2.14. The van der Waals surface area contributed by atoms with Gasteiger partial charge in [0.25, 0.3) is 0 Å². The van der Waals surface area contributed by atoms with Gasteiger partial charge in [-0.25, -0.2) is 4.79 Å². The summed E-state index contributed by atoms with van der Waals surface area (Å²) in [6, 6.07) is 3.54. The lowest BCUT2D eigenvalue weighted by molar-refractivity contribution is -0.138. The van der Waals surface area contributed by atoms with Crippen molar-refractivity contribution in [3.8, 4) is 0 Å². The summed E-state index contributed by atoms with van der Waals surface area (Å²) < 4.78 is 48.7. The third-order valence-corrected chi connectivity index (χ3v) is 3.15. The van der Waals surface area contributed by atoms with Crippen LogP contribution in [0.1, 0.15) is 33.8 Å². The molecule has 1 aromatic carbocycles. The molecule has 3 nitrogen and oxygen atoms in total. The van der Waals surface area contributed by atoms with Crippen LogP contribution in [0.4, 0.5) is 13.2 Å². The highest BCUT2D eigenvalue weighted by Crippen LogP contribution is 2.38. The highest BCUT2D eigenvalue weighted by Gasteiger charge is 2.36. The molecule has 0 amide bonds. The number of methoxy groups -OCH3 is 1. The number of esters is 1. The fourth-order valence-corrected chi connectivity index (χ4v) is 2.18. The fraction of sp³-hybridized carbons (Fsp3) is 0.462. The Hall–Kier alpha value is -1.56. The van der Waals surface area contributed by atoms with Crippen LogP contribution in [0.5, 0.6) is 0 Å². The number of ether oxygens (including phenoxy) is 2. The molecular formula is C13H13F3O3. The normalized spacial score (nSPS) is 19.5. The van der Waals surface area contributed by atoms with E-state index in [9.17, 15) is 18.0 Å². The maximum Gasteiger partial charge on any atom is 0.416 e. The molecule has 104 valence electrons. The van der Waals surface area contributed by atoms with Crippen LogP contribution >= 0.6 is 0 Å². The Morgan fingerprint density at radius 1 is 1.42 bits per heavy atom. The van der Waals surface area contributed by atoms with Gasteiger partial charge in [-0.15, -0.1) is 0 Å². The standard InChI is InChI=1S/C13H13F3O3/c1-18-12(17)8-2-3-10(9-4-5-19-7-9)11(6-8)13(14,15)16/h2-3,6,9H,4-5,7H2,1H3. The molecule has 1 fully saturated rings. The van der Waals surface area contributed by atoms with Gasteiger partial charge in [-0.05, 0) is 24.1 Å². The minimum absolute atomic E-state index is 0.0995. The van der Waals surface area contributed by atoms with Crippen LogP contribution in [0.15, 0.2) is 18.2 Å². The summed E-state index contributed by atoms with van der Waals surface area (Å²) in [4.78, 5) is 11.3. The number of carbonyl (C=O) groups excluding carboxylic acids is 1. The van der Waals surface area contributed by atoms with Crippen molar-refractivity contribution < 1.29 is 27.4 Å². The van der Waals surface area contributed by atoms with E-state index in [0.717, 1.165) is 13.2 Å². The number of hydrogen-bond donors (Lipinski definition) is 0. The molecule has 0 aliphatic carbocycles. The fourth-order valence-electron chi connectivity index (χ4n) is 2.18. The van der Waals surface area contributed by atoms with Gasteiger partial charge in [0, 0.05) is 12.5 Å². The van der Waals surface area contributed by atoms with E-state index >= 15 is 0 Å². The molecule has 0 radical (unpaired) electrons. The van der Waals surface area contributed by atoms with E-state index in [1.807, 2.05) is 0 Å². The van der Waals surface area contributed by atoms with Crippen molar-refractivity contribution in [1.29, 1.82) is 0 Å². The Bertz CT molecular complexity index is 477. The third kappa shape index (κ3) is 2.89. The average molecular weight is 274 g/mol. The van der Waals surface area contributed by atoms with Crippen LogP contribution in [0.3, 0.4) is 0 Å².